The highest BCUT2D eigenvalue weighted by molar-refractivity contribution is 14.1. The number of carbonyl (C=O) groups excluding carboxylic acids is 1. The van der Waals surface area contributed by atoms with Gasteiger partial charge in [0.1, 0.15) is 0 Å². The molecule has 0 fully saturated rings. The van der Waals surface area contributed by atoms with E-state index < -0.39 is 0 Å². The largest absolute Gasteiger partial charge is 0.380 e. The molecule has 3 heteroatoms. The fourth-order valence-corrected chi connectivity index (χ4v) is 2.07. The van der Waals surface area contributed by atoms with Gasteiger partial charge in [0.25, 0.3) is 0 Å². The Kier molecular flexibility index (Phi) is 4.14. The van der Waals surface area contributed by atoms with Gasteiger partial charge in [-0.05, 0) is 46.4 Å². The van der Waals surface area contributed by atoms with E-state index in [-0.39, 0.29) is 0 Å². The molecule has 0 bridgehead atoms. The van der Waals surface area contributed by atoms with Gasteiger partial charge in [0.15, 0.2) is 6.29 Å². The standard InChI is InChI=1S/C14H12INO/c15-13-7-6-12(10-17)14(8-13)16-9-11-4-2-1-3-5-11/h1-8,10,16H,9H2. The summed E-state index contributed by atoms with van der Waals surface area (Å²) in [5, 5.41) is 3.29. The van der Waals surface area contributed by atoms with Gasteiger partial charge >= 0.3 is 0 Å². The Bertz CT molecular complexity index is 511. The van der Waals surface area contributed by atoms with Gasteiger partial charge in [-0.3, -0.25) is 4.79 Å². The lowest BCUT2D eigenvalue weighted by Gasteiger charge is -2.09. The molecule has 0 saturated heterocycles. The third kappa shape index (κ3) is 3.30. The minimum absolute atomic E-state index is 0.696. The highest BCUT2D eigenvalue weighted by Crippen LogP contribution is 2.18. The van der Waals surface area contributed by atoms with Crippen molar-refractivity contribution < 1.29 is 4.79 Å². The summed E-state index contributed by atoms with van der Waals surface area (Å²) in [4.78, 5) is 10.9. The van der Waals surface area contributed by atoms with Crippen LogP contribution in [-0.4, -0.2) is 6.29 Å². The van der Waals surface area contributed by atoms with E-state index in [0.29, 0.717) is 5.56 Å². The summed E-state index contributed by atoms with van der Waals surface area (Å²) in [7, 11) is 0. The summed E-state index contributed by atoms with van der Waals surface area (Å²) in [6.45, 7) is 0.724. The highest BCUT2D eigenvalue weighted by Gasteiger charge is 2.01. The van der Waals surface area contributed by atoms with Crippen molar-refractivity contribution in [1.29, 1.82) is 0 Å². The number of hydrogen-bond donors (Lipinski definition) is 1. The molecule has 0 spiro atoms. The molecule has 17 heavy (non-hydrogen) atoms. The van der Waals surface area contributed by atoms with Gasteiger partial charge < -0.3 is 5.32 Å². The molecule has 0 aliphatic rings. The molecule has 2 aromatic rings. The second kappa shape index (κ2) is 5.82. The summed E-state index contributed by atoms with van der Waals surface area (Å²) < 4.78 is 1.11. The molecule has 0 atom stereocenters. The molecule has 2 nitrogen and oxygen atoms in total. The number of benzene rings is 2. The van der Waals surface area contributed by atoms with Crippen molar-refractivity contribution >= 4 is 34.6 Å². The van der Waals surface area contributed by atoms with Crippen LogP contribution >= 0.6 is 22.6 Å². The van der Waals surface area contributed by atoms with E-state index >= 15 is 0 Å². The number of rotatable bonds is 4. The van der Waals surface area contributed by atoms with Crippen molar-refractivity contribution in [3.05, 3.63) is 63.2 Å². The fraction of sp³-hybridized carbons (Fsp3) is 0.0714. The molecule has 0 aliphatic carbocycles. The van der Waals surface area contributed by atoms with Crippen LogP contribution in [-0.2, 0) is 6.54 Å². The van der Waals surface area contributed by atoms with Gasteiger partial charge in [-0.2, -0.15) is 0 Å². The Labute approximate surface area is 114 Å². The minimum Gasteiger partial charge on any atom is -0.380 e. The van der Waals surface area contributed by atoms with E-state index in [1.54, 1.807) is 0 Å². The molecule has 0 aromatic heterocycles. The number of hydrogen-bond acceptors (Lipinski definition) is 2. The fourth-order valence-electron chi connectivity index (χ4n) is 1.58. The van der Waals surface area contributed by atoms with Crippen molar-refractivity contribution in [2.24, 2.45) is 0 Å². The SMILES string of the molecule is O=Cc1ccc(I)cc1NCc1ccccc1. The van der Waals surface area contributed by atoms with Gasteiger partial charge in [0.2, 0.25) is 0 Å². The predicted octanol–water partition coefficient (Wildman–Crippen LogP) is 3.72. The molecule has 0 amide bonds. The molecule has 2 rings (SSSR count). The average Bonchev–Trinajstić information content (AvgIpc) is 2.38. The molecular formula is C14H12INO. The zero-order chi connectivity index (χ0) is 12.1. The van der Waals surface area contributed by atoms with E-state index in [4.69, 9.17) is 0 Å². The predicted molar refractivity (Wildman–Crippen MR) is 78.3 cm³/mol. The van der Waals surface area contributed by atoms with Crippen molar-refractivity contribution in [2.75, 3.05) is 5.32 Å². The summed E-state index contributed by atoms with van der Waals surface area (Å²) in [6, 6.07) is 15.9. The summed E-state index contributed by atoms with van der Waals surface area (Å²) in [5.41, 5.74) is 2.78. The zero-order valence-electron chi connectivity index (χ0n) is 9.19. The molecule has 0 aliphatic heterocycles. The topological polar surface area (TPSA) is 29.1 Å². The van der Waals surface area contributed by atoms with Crippen LogP contribution in [0.15, 0.2) is 48.5 Å². The van der Waals surface area contributed by atoms with E-state index in [1.807, 2.05) is 36.4 Å². The normalized spacial score (nSPS) is 9.94. The highest BCUT2D eigenvalue weighted by atomic mass is 127. The minimum atomic E-state index is 0.696. The first-order valence-electron chi connectivity index (χ1n) is 5.32. The van der Waals surface area contributed by atoms with E-state index in [9.17, 15) is 4.79 Å². The van der Waals surface area contributed by atoms with Crippen LogP contribution in [0.2, 0.25) is 0 Å². The van der Waals surface area contributed by atoms with Gasteiger partial charge in [-0.1, -0.05) is 30.3 Å². The number of anilines is 1. The third-order valence-electron chi connectivity index (χ3n) is 2.47. The first-order valence-corrected chi connectivity index (χ1v) is 6.40. The summed E-state index contributed by atoms with van der Waals surface area (Å²) >= 11 is 2.24. The molecule has 0 radical (unpaired) electrons. The maximum Gasteiger partial charge on any atom is 0.152 e. The molecular weight excluding hydrogens is 325 g/mol. The van der Waals surface area contributed by atoms with Crippen molar-refractivity contribution in [2.45, 2.75) is 6.54 Å². The lowest BCUT2D eigenvalue weighted by Crippen LogP contribution is -2.02. The van der Waals surface area contributed by atoms with Crippen LogP contribution in [0.5, 0.6) is 0 Å². The summed E-state index contributed by atoms with van der Waals surface area (Å²) in [6.07, 6.45) is 0.878. The van der Waals surface area contributed by atoms with Crippen LogP contribution in [0, 0.1) is 3.57 Å². The third-order valence-corrected chi connectivity index (χ3v) is 3.14. The first-order chi connectivity index (χ1) is 8.29. The Morgan fingerprint density at radius 1 is 1.12 bits per heavy atom. The number of halogens is 1. The Balaban J connectivity index is 2.13. The van der Waals surface area contributed by atoms with Gasteiger partial charge in [-0.15, -0.1) is 0 Å². The molecule has 86 valence electrons. The Morgan fingerprint density at radius 2 is 1.88 bits per heavy atom. The first kappa shape index (κ1) is 12.1. The second-order valence-electron chi connectivity index (χ2n) is 3.69. The molecule has 0 unspecified atom stereocenters. The number of nitrogens with one attached hydrogen (secondary N) is 1. The van der Waals surface area contributed by atoms with Crippen LogP contribution in [0.3, 0.4) is 0 Å². The maximum absolute atomic E-state index is 10.9. The quantitative estimate of drug-likeness (QED) is 0.681. The number of carbonyl (C=O) groups is 1. The van der Waals surface area contributed by atoms with Gasteiger partial charge in [-0.25, -0.2) is 0 Å². The maximum atomic E-state index is 10.9. The Hall–Kier alpha value is -1.36. The Morgan fingerprint density at radius 3 is 2.59 bits per heavy atom. The molecule has 0 heterocycles. The summed E-state index contributed by atoms with van der Waals surface area (Å²) in [5.74, 6) is 0. The molecule has 2 aromatic carbocycles. The van der Waals surface area contributed by atoms with Gasteiger partial charge in [0.05, 0.1) is 0 Å². The van der Waals surface area contributed by atoms with E-state index in [0.717, 1.165) is 22.1 Å². The molecule has 0 saturated carbocycles. The second-order valence-corrected chi connectivity index (χ2v) is 4.93. The van der Waals surface area contributed by atoms with Crippen molar-refractivity contribution in [3.63, 3.8) is 0 Å². The lowest BCUT2D eigenvalue weighted by atomic mass is 10.1. The van der Waals surface area contributed by atoms with Gasteiger partial charge in [0, 0.05) is 21.4 Å². The van der Waals surface area contributed by atoms with E-state index in [2.05, 4.69) is 40.0 Å². The van der Waals surface area contributed by atoms with Crippen LogP contribution < -0.4 is 5.32 Å². The smallest absolute Gasteiger partial charge is 0.152 e. The van der Waals surface area contributed by atoms with Crippen LogP contribution in [0.25, 0.3) is 0 Å². The van der Waals surface area contributed by atoms with Crippen molar-refractivity contribution in [3.8, 4) is 0 Å². The van der Waals surface area contributed by atoms with Crippen LogP contribution in [0.4, 0.5) is 5.69 Å². The zero-order valence-corrected chi connectivity index (χ0v) is 11.3. The molecule has 1 N–H and O–H groups in total. The number of aldehydes is 1. The lowest BCUT2D eigenvalue weighted by molar-refractivity contribution is 0.112. The van der Waals surface area contributed by atoms with E-state index in [1.165, 1.54) is 5.56 Å². The monoisotopic (exact) mass is 337 g/mol. The average molecular weight is 337 g/mol. The van der Waals surface area contributed by atoms with Crippen LogP contribution in [0.1, 0.15) is 15.9 Å². The van der Waals surface area contributed by atoms with Crippen molar-refractivity contribution in [1.82, 2.24) is 0 Å².